The number of nitrogens with one attached hydrogen (secondary N) is 2. The predicted octanol–water partition coefficient (Wildman–Crippen LogP) is 2.54. The molecule has 1 aliphatic rings. The number of hydrogen-bond acceptors (Lipinski definition) is 2. The monoisotopic (exact) mass is 212 g/mol. The molecule has 0 saturated carbocycles. The van der Waals surface area contributed by atoms with Crippen LogP contribution in [-0.2, 0) is 0 Å². The molecule has 90 valence electrons. The molecular formula is C13H28N2. The van der Waals surface area contributed by atoms with E-state index in [1.54, 1.807) is 0 Å². The summed E-state index contributed by atoms with van der Waals surface area (Å²) in [7, 11) is 0. The van der Waals surface area contributed by atoms with Gasteiger partial charge in [0.2, 0.25) is 0 Å². The lowest BCUT2D eigenvalue weighted by molar-refractivity contribution is 0.381. The molecule has 0 amide bonds. The molecule has 1 aliphatic heterocycles. The van der Waals surface area contributed by atoms with Crippen molar-refractivity contribution in [3.05, 3.63) is 0 Å². The molecule has 2 N–H and O–H groups in total. The van der Waals surface area contributed by atoms with Crippen LogP contribution in [0.5, 0.6) is 0 Å². The molecule has 15 heavy (non-hydrogen) atoms. The second-order valence-corrected chi connectivity index (χ2v) is 5.24. The third-order valence-electron chi connectivity index (χ3n) is 3.19. The van der Waals surface area contributed by atoms with E-state index in [1.807, 2.05) is 0 Å². The van der Waals surface area contributed by atoms with Gasteiger partial charge in [-0.15, -0.1) is 0 Å². The standard InChI is InChI=1S/C13H28N2/c1-12(2)7-3-5-9-14-11-13-8-4-6-10-15-13/h12-15H,3-11H2,1-2H3. The average molecular weight is 212 g/mol. The van der Waals surface area contributed by atoms with Crippen molar-refractivity contribution in [1.82, 2.24) is 10.6 Å². The summed E-state index contributed by atoms with van der Waals surface area (Å²) >= 11 is 0. The summed E-state index contributed by atoms with van der Waals surface area (Å²) < 4.78 is 0. The van der Waals surface area contributed by atoms with E-state index in [1.165, 1.54) is 58.2 Å². The van der Waals surface area contributed by atoms with Gasteiger partial charge in [-0.05, 0) is 38.3 Å². The van der Waals surface area contributed by atoms with Crippen LogP contribution in [0.2, 0.25) is 0 Å². The van der Waals surface area contributed by atoms with Crippen molar-refractivity contribution >= 4 is 0 Å². The smallest absolute Gasteiger partial charge is 0.0192 e. The Kier molecular flexibility index (Phi) is 7.03. The summed E-state index contributed by atoms with van der Waals surface area (Å²) in [6, 6.07) is 0.740. The van der Waals surface area contributed by atoms with Crippen molar-refractivity contribution in [1.29, 1.82) is 0 Å². The molecule has 0 bridgehead atoms. The van der Waals surface area contributed by atoms with Crippen LogP contribution in [-0.4, -0.2) is 25.7 Å². The van der Waals surface area contributed by atoms with E-state index in [9.17, 15) is 0 Å². The van der Waals surface area contributed by atoms with E-state index in [0.717, 1.165) is 12.0 Å². The predicted molar refractivity (Wildman–Crippen MR) is 67.2 cm³/mol. The van der Waals surface area contributed by atoms with Crippen LogP contribution in [0.1, 0.15) is 52.4 Å². The first kappa shape index (κ1) is 13.0. The zero-order valence-electron chi connectivity index (χ0n) is 10.5. The SMILES string of the molecule is CC(C)CCCCNCC1CCCCN1. The van der Waals surface area contributed by atoms with Gasteiger partial charge in [0, 0.05) is 12.6 Å². The van der Waals surface area contributed by atoms with Crippen LogP contribution in [0, 0.1) is 5.92 Å². The average Bonchev–Trinajstić information content (AvgIpc) is 2.24. The van der Waals surface area contributed by atoms with E-state index in [0.29, 0.717) is 0 Å². The largest absolute Gasteiger partial charge is 0.315 e. The molecule has 0 aliphatic carbocycles. The summed E-state index contributed by atoms with van der Waals surface area (Å²) in [5, 5.41) is 7.13. The lowest BCUT2D eigenvalue weighted by Gasteiger charge is -2.23. The Labute approximate surface area is 95.2 Å². The van der Waals surface area contributed by atoms with Gasteiger partial charge in [-0.3, -0.25) is 0 Å². The molecule has 0 spiro atoms. The maximum atomic E-state index is 3.57. The topological polar surface area (TPSA) is 24.1 Å². The Balaban J connectivity index is 1.83. The minimum absolute atomic E-state index is 0.740. The fraction of sp³-hybridized carbons (Fsp3) is 1.00. The molecule has 1 heterocycles. The molecule has 0 aromatic carbocycles. The van der Waals surface area contributed by atoms with Crippen LogP contribution in [0.15, 0.2) is 0 Å². The summed E-state index contributed by atoms with van der Waals surface area (Å²) in [5.41, 5.74) is 0. The molecule has 1 atom stereocenters. The highest BCUT2D eigenvalue weighted by atomic mass is 15.0. The Morgan fingerprint density at radius 2 is 2.13 bits per heavy atom. The molecule has 2 heteroatoms. The van der Waals surface area contributed by atoms with Crippen molar-refractivity contribution in [2.24, 2.45) is 5.92 Å². The van der Waals surface area contributed by atoms with Crippen LogP contribution in [0.4, 0.5) is 0 Å². The van der Waals surface area contributed by atoms with E-state index in [-0.39, 0.29) is 0 Å². The fourth-order valence-corrected chi connectivity index (χ4v) is 2.18. The first-order valence-corrected chi connectivity index (χ1v) is 6.73. The van der Waals surface area contributed by atoms with Gasteiger partial charge in [-0.2, -0.15) is 0 Å². The van der Waals surface area contributed by atoms with Crippen LogP contribution < -0.4 is 10.6 Å². The first-order chi connectivity index (χ1) is 7.29. The molecular weight excluding hydrogens is 184 g/mol. The molecule has 1 rings (SSSR count). The lowest BCUT2D eigenvalue weighted by atomic mass is 10.0. The van der Waals surface area contributed by atoms with E-state index in [2.05, 4.69) is 24.5 Å². The van der Waals surface area contributed by atoms with Gasteiger partial charge < -0.3 is 10.6 Å². The zero-order valence-corrected chi connectivity index (χ0v) is 10.5. The first-order valence-electron chi connectivity index (χ1n) is 6.73. The maximum absolute atomic E-state index is 3.57. The Morgan fingerprint density at radius 3 is 2.80 bits per heavy atom. The minimum atomic E-state index is 0.740. The van der Waals surface area contributed by atoms with E-state index in [4.69, 9.17) is 0 Å². The van der Waals surface area contributed by atoms with Gasteiger partial charge in [0.25, 0.3) is 0 Å². The van der Waals surface area contributed by atoms with Crippen molar-refractivity contribution in [2.75, 3.05) is 19.6 Å². The highest BCUT2D eigenvalue weighted by Gasteiger charge is 2.10. The minimum Gasteiger partial charge on any atom is -0.315 e. The van der Waals surface area contributed by atoms with E-state index >= 15 is 0 Å². The van der Waals surface area contributed by atoms with E-state index < -0.39 is 0 Å². The summed E-state index contributed by atoms with van der Waals surface area (Å²) in [6.45, 7) is 8.20. The van der Waals surface area contributed by atoms with Crippen LogP contribution in [0.3, 0.4) is 0 Å². The highest BCUT2D eigenvalue weighted by Crippen LogP contribution is 2.07. The molecule has 1 saturated heterocycles. The van der Waals surface area contributed by atoms with Gasteiger partial charge in [0.05, 0.1) is 0 Å². The van der Waals surface area contributed by atoms with Gasteiger partial charge in [-0.1, -0.05) is 33.1 Å². The van der Waals surface area contributed by atoms with Crippen molar-refractivity contribution in [3.63, 3.8) is 0 Å². The Bertz CT molecular complexity index is 139. The molecule has 1 fully saturated rings. The van der Waals surface area contributed by atoms with Crippen molar-refractivity contribution in [2.45, 2.75) is 58.4 Å². The third kappa shape index (κ3) is 6.91. The number of unbranched alkanes of at least 4 members (excludes halogenated alkanes) is 1. The van der Waals surface area contributed by atoms with Crippen molar-refractivity contribution < 1.29 is 0 Å². The lowest BCUT2D eigenvalue weighted by Crippen LogP contribution is -2.41. The summed E-state index contributed by atoms with van der Waals surface area (Å²) in [4.78, 5) is 0. The number of hydrogen-bond donors (Lipinski definition) is 2. The van der Waals surface area contributed by atoms with Gasteiger partial charge >= 0.3 is 0 Å². The third-order valence-corrected chi connectivity index (χ3v) is 3.19. The normalized spacial score (nSPS) is 22.2. The Morgan fingerprint density at radius 1 is 1.27 bits per heavy atom. The van der Waals surface area contributed by atoms with Crippen molar-refractivity contribution in [3.8, 4) is 0 Å². The summed E-state index contributed by atoms with van der Waals surface area (Å²) in [6.07, 6.45) is 8.23. The Hall–Kier alpha value is -0.0800. The summed E-state index contributed by atoms with van der Waals surface area (Å²) in [5.74, 6) is 0.866. The fourth-order valence-electron chi connectivity index (χ4n) is 2.18. The molecule has 0 radical (unpaired) electrons. The molecule has 1 unspecified atom stereocenters. The second-order valence-electron chi connectivity index (χ2n) is 5.24. The molecule has 2 nitrogen and oxygen atoms in total. The maximum Gasteiger partial charge on any atom is 0.0192 e. The number of rotatable bonds is 7. The van der Waals surface area contributed by atoms with Gasteiger partial charge in [-0.25, -0.2) is 0 Å². The molecule has 0 aromatic heterocycles. The zero-order chi connectivity index (χ0) is 10.9. The van der Waals surface area contributed by atoms with Crippen LogP contribution >= 0.6 is 0 Å². The second kappa shape index (κ2) is 8.12. The van der Waals surface area contributed by atoms with Gasteiger partial charge in [0.15, 0.2) is 0 Å². The van der Waals surface area contributed by atoms with Crippen LogP contribution in [0.25, 0.3) is 0 Å². The highest BCUT2D eigenvalue weighted by molar-refractivity contribution is 4.73. The van der Waals surface area contributed by atoms with Gasteiger partial charge in [0.1, 0.15) is 0 Å². The quantitative estimate of drug-likeness (QED) is 0.634. The molecule has 0 aromatic rings. The number of piperidine rings is 1.